The van der Waals surface area contributed by atoms with Crippen LogP contribution in [0.2, 0.25) is 5.15 Å². The van der Waals surface area contributed by atoms with E-state index in [0.29, 0.717) is 16.5 Å². The zero-order chi connectivity index (χ0) is 14.0. The van der Waals surface area contributed by atoms with Crippen molar-refractivity contribution in [2.24, 2.45) is 0 Å². The number of rotatable bonds is 3. The molecule has 5 heteroatoms. The van der Waals surface area contributed by atoms with E-state index in [1.165, 1.54) is 12.1 Å². The van der Waals surface area contributed by atoms with Gasteiger partial charge in [0.2, 0.25) is 0 Å². The van der Waals surface area contributed by atoms with Gasteiger partial charge >= 0.3 is 0 Å². The van der Waals surface area contributed by atoms with Crippen LogP contribution < -0.4 is 0 Å². The Labute approximate surface area is 115 Å². The topological polar surface area (TPSA) is 25.8 Å². The largest absolute Gasteiger partial charge is 0.263 e. The lowest BCUT2D eigenvalue weighted by Crippen LogP contribution is -1.98. The van der Waals surface area contributed by atoms with Crippen LogP contribution >= 0.6 is 11.6 Å². The molecule has 2 rings (SSSR count). The number of hydrogen-bond acceptors (Lipinski definition) is 2. The zero-order valence-corrected chi connectivity index (χ0v) is 11.3. The highest BCUT2D eigenvalue weighted by Gasteiger charge is 2.12. The first-order valence-electron chi connectivity index (χ1n) is 5.90. The third-order valence-electron chi connectivity index (χ3n) is 2.70. The summed E-state index contributed by atoms with van der Waals surface area (Å²) < 4.78 is 25.4. The van der Waals surface area contributed by atoms with E-state index in [4.69, 9.17) is 11.6 Å². The van der Waals surface area contributed by atoms with Crippen LogP contribution in [0.4, 0.5) is 8.78 Å². The quantitative estimate of drug-likeness (QED) is 0.752. The van der Waals surface area contributed by atoms with Crippen LogP contribution in [0.5, 0.6) is 0 Å². The first-order valence-corrected chi connectivity index (χ1v) is 6.28. The molecule has 19 heavy (non-hydrogen) atoms. The van der Waals surface area contributed by atoms with Crippen molar-refractivity contribution in [3.63, 3.8) is 0 Å². The minimum absolute atomic E-state index is 0.0489. The number of halogens is 3. The molecule has 0 amide bonds. The molecule has 0 saturated heterocycles. The predicted molar refractivity (Wildman–Crippen MR) is 71.5 cm³/mol. The van der Waals surface area contributed by atoms with Crippen LogP contribution in [-0.2, 0) is 0 Å². The molecule has 0 saturated carbocycles. The summed E-state index contributed by atoms with van der Waals surface area (Å²) in [7, 11) is 0. The predicted octanol–water partition coefficient (Wildman–Crippen LogP) is 4.86. The van der Waals surface area contributed by atoms with Gasteiger partial charge in [-0.1, -0.05) is 43.6 Å². The Morgan fingerprint density at radius 1 is 1.11 bits per heavy atom. The molecule has 0 unspecified atom stereocenters. The van der Waals surface area contributed by atoms with Gasteiger partial charge < -0.3 is 0 Å². The molecule has 0 aliphatic rings. The van der Waals surface area contributed by atoms with Crippen LogP contribution in [0, 0.1) is 0 Å². The number of benzene rings is 1. The molecule has 0 spiro atoms. The number of aromatic nitrogens is 2. The summed E-state index contributed by atoms with van der Waals surface area (Å²) in [5.41, 5.74) is 1.28. The van der Waals surface area contributed by atoms with Gasteiger partial charge in [0.15, 0.2) is 5.82 Å². The molecule has 0 aliphatic heterocycles. The highest BCUT2D eigenvalue weighted by atomic mass is 35.5. The standard InChI is InChI=1S/C14H13ClF2N2/c1-8(2)11-7-12(15)19-14(18-11)10-5-3-4-9(6-10)13(16)17/h3-8,13H,1-2H3. The van der Waals surface area contributed by atoms with Gasteiger partial charge in [0.05, 0.1) is 0 Å². The fourth-order valence-corrected chi connectivity index (χ4v) is 1.87. The van der Waals surface area contributed by atoms with Gasteiger partial charge in [-0.2, -0.15) is 0 Å². The molecule has 1 heterocycles. The third-order valence-corrected chi connectivity index (χ3v) is 2.90. The number of alkyl halides is 2. The molecular weight excluding hydrogens is 270 g/mol. The molecule has 0 radical (unpaired) electrons. The maximum atomic E-state index is 12.7. The summed E-state index contributed by atoms with van der Waals surface area (Å²) in [5, 5.41) is 0.316. The average molecular weight is 283 g/mol. The maximum Gasteiger partial charge on any atom is 0.263 e. The summed E-state index contributed by atoms with van der Waals surface area (Å²) in [4.78, 5) is 8.46. The monoisotopic (exact) mass is 282 g/mol. The van der Waals surface area contributed by atoms with E-state index in [1.54, 1.807) is 18.2 Å². The molecule has 0 bridgehead atoms. The summed E-state index contributed by atoms with van der Waals surface area (Å²) in [6.07, 6.45) is -2.51. The first-order chi connectivity index (χ1) is 8.97. The smallest absolute Gasteiger partial charge is 0.233 e. The van der Waals surface area contributed by atoms with Crippen molar-refractivity contribution in [3.05, 3.63) is 46.7 Å². The molecule has 0 N–H and O–H groups in total. The van der Waals surface area contributed by atoms with Gasteiger partial charge in [-0.25, -0.2) is 18.7 Å². The zero-order valence-electron chi connectivity index (χ0n) is 10.6. The van der Waals surface area contributed by atoms with Crippen molar-refractivity contribution < 1.29 is 8.78 Å². The summed E-state index contributed by atoms with van der Waals surface area (Å²) in [6.45, 7) is 3.97. The lowest BCUT2D eigenvalue weighted by molar-refractivity contribution is 0.151. The van der Waals surface area contributed by atoms with Crippen molar-refractivity contribution in [1.29, 1.82) is 0 Å². The summed E-state index contributed by atoms with van der Waals surface area (Å²) in [5.74, 6) is 0.566. The highest BCUT2D eigenvalue weighted by Crippen LogP contribution is 2.26. The number of hydrogen-bond donors (Lipinski definition) is 0. The van der Waals surface area contributed by atoms with E-state index < -0.39 is 6.43 Å². The molecule has 0 atom stereocenters. The normalized spacial score (nSPS) is 11.3. The fourth-order valence-electron chi connectivity index (χ4n) is 1.67. The van der Waals surface area contributed by atoms with Gasteiger partial charge in [-0.3, -0.25) is 0 Å². The second-order valence-corrected chi connectivity index (χ2v) is 4.91. The van der Waals surface area contributed by atoms with E-state index in [0.717, 1.165) is 5.69 Å². The first kappa shape index (κ1) is 13.9. The van der Waals surface area contributed by atoms with Crippen molar-refractivity contribution in [2.45, 2.75) is 26.2 Å². The van der Waals surface area contributed by atoms with Crippen molar-refractivity contribution >= 4 is 11.6 Å². The van der Waals surface area contributed by atoms with Gasteiger partial charge in [0.25, 0.3) is 6.43 Å². The van der Waals surface area contributed by atoms with Crippen LogP contribution in [0.25, 0.3) is 11.4 Å². The van der Waals surface area contributed by atoms with Crippen LogP contribution in [0.15, 0.2) is 30.3 Å². The molecule has 0 aliphatic carbocycles. The van der Waals surface area contributed by atoms with Crippen LogP contribution in [0.3, 0.4) is 0 Å². The molecule has 1 aromatic carbocycles. The minimum atomic E-state index is -2.51. The lowest BCUT2D eigenvalue weighted by atomic mass is 10.1. The van der Waals surface area contributed by atoms with Gasteiger partial charge in [-0.05, 0) is 18.1 Å². The Hall–Kier alpha value is -1.55. The third kappa shape index (κ3) is 3.26. The Balaban J connectivity index is 2.49. The van der Waals surface area contributed by atoms with Crippen molar-refractivity contribution in [2.75, 3.05) is 0 Å². The van der Waals surface area contributed by atoms with Gasteiger partial charge in [0, 0.05) is 16.8 Å². The van der Waals surface area contributed by atoms with E-state index in [9.17, 15) is 8.78 Å². The van der Waals surface area contributed by atoms with Gasteiger partial charge in [-0.15, -0.1) is 0 Å². The van der Waals surface area contributed by atoms with E-state index in [1.807, 2.05) is 13.8 Å². The highest BCUT2D eigenvalue weighted by molar-refractivity contribution is 6.29. The second-order valence-electron chi connectivity index (χ2n) is 4.52. The van der Waals surface area contributed by atoms with E-state index in [-0.39, 0.29) is 11.5 Å². The number of nitrogens with zero attached hydrogens (tertiary/aromatic N) is 2. The van der Waals surface area contributed by atoms with Crippen LogP contribution in [0.1, 0.15) is 37.4 Å². The Kier molecular flexibility index (Phi) is 4.10. The van der Waals surface area contributed by atoms with Gasteiger partial charge in [0.1, 0.15) is 5.15 Å². The van der Waals surface area contributed by atoms with E-state index >= 15 is 0 Å². The minimum Gasteiger partial charge on any atom is -0.233 e. The summed E-state index contributed by atoms with van der Waals surface area (Å²) in [6, 6.07) is 7.72. The molecular formula is C14H13ClF2N2. The molecule has 2 aromatic rings. The van der Waals surface area contributed by atoms with Crippen molar-refractivity contribution in [1.82, 2.24) is 9.97 Å². The lowest BCUT2D eigenvalue weighted by Gasteiger charge is -2.08. The summed E-state index contributed by atoms with van der Waals surface area (Å²) >= 11 is 5.95. The molecule has 2 nitrogen and oxygen atoms in total. The fraction of sp³-hybridized carbons (Fsp3) is 0.286. The molecule has 1 aromatic heterocycles. The maximum absolute atomic E-state index is 12.7. The van der Waals surface area contributed by atoms with E-state index in [2.05, 4.69) is 9.97 Å². The Morgan fingerprint density at radius 3 is 2.47 bits per heavy atom. The second kappa shape index (κ2) is 5.61. The Morgan fingerprint density at radius 2 is 1.84 bits per heavy atom. The SMILES string of the molecule is CC(C)c1cc(Cl)nc(-c2cccc(C(F)F)c2)n1. The van der Waals surface area contributed by atoms with Crippen molar-refractivity contribution in [3.8, 4) is 11.4 Å². The van der Waals surface area contributed by atoms with Crippen LogP contribution in [-0.4, -0.2) is 9.97 Å². The Bertz CT molecular complexity index is 585. The molecule has 0 fully saturated rings. The molecule has 100 valence electrons. The average Bonchev–Trinajstić information content (AvgIpc) is 2.38.